The predicted molar refractivity (Wildman–Crippen MR) is 125 cm³/mol. The molecule has 1 aromatic carbocycles. The third-order valence-corrected chi connectivity index (χ3v) is 7.83. The number of halogens is 2. The van der Waals surface area contributed by atoms with E-state index in [-0.39, 0.29) is 29.7 Å². The van der Waals surface area contributed by atoms with Gasteiger partial charge >= 0.3 is 0 Å². The Kier molecular flexibility index (Phi) is 6.24. The highest BCUT2D eigenvalue weighted by Crippen LogP contribution is 2.50. The fourth-order valence-electron chi connectivity index (χ4n) is 5.24. The molecule has 166 valence electrons. The van der Waals surface area contributed by atoms with E-state index in [1.165, 1.54) is 0 Å². The molecule has 4 rings (SSSR count). The van der Waals surface area contributed by atoms with E-state index in [0.29, 0.717) is 12.3 Å². The maximum atomic E-state index is 13.6. The second-order valence-electron chi connectivity index (χ2n) is 9.73. The first-order valence-electron chi connectivity index (χ1n) is 11.1. The van der Waals surface area contributed by atoms with Crippen molar-refractivity contribution in [2.75, 3.05) is 6.54 Å². The maximum absolute atomic E-state index is 13.6. The molecule has 0 radical (unpaired) electrons. The van der Waals surface area contributed by atoms with Crippen LogP contribution in [0.2, 0.25) is 5.02 Å². The van der Waals surface area contributed by atoms with E-state index in [9.17, 15) is 9.59 Å². The highest BCUT2D eigenvalue weighted by atomic mass is 35.5. The van der Waals surface area contributed by atoms with E-state index in [0.717, 1.165) is 47.0 Å². The normalized spacial score (nSPS) is 31.0. The standard InChI is InChI=1S/C25H30Cl2N2O2/c1-15-3-6-17(12-21(15)27)20-11-18(13-22(28)30)24(31)29(14-16-4-5-16)23(20)25(2)9-7-19(26)8-10-25/h3,6-9,12,16,18,20,23H,4-5,10-11,13-14H2,1-2H3,(H2,28,30)/t18-,20+,23-,25?/m0/s1. The molecular formula is C25H30Cl2N2O2. The molecule has 2 N–H and O–H groups in total. The summed E-state index contributed by atoms with van der Waals surface area (Å²) >= 11 is 12.7. The monoisotopic (exact) mass is 460 g/mol. The van der Waals surface area contributed by atoms with Gasteiger partial charge in [-0.05, 0) is 61.8 Å². The smallest absolute Gasteiger partial charge is 0.226 e. The summed E-state index contributed by atoms with van der Waals surface area (Å²) in [6, 6.07) is 6.14. The molecule has 1 aromatic rings. The first-order chi connectivity index (χ1) is 14.7. The summed E-state index contributed by atoms with van der Waals surface area (Å²) in [7, 11) is 0. The SMILES string of the molecule is Cc1ccc([C@H]2C[C@@H](CC(N)=O)C(=O)N(CC3CC3)[C@@H]2C2(C)C=CC(Cl)=CC2)cc1Cl. The molecule has 2 fully saturated rings. The second-order valence-corrected chi connectivity index (χ2v) is 10.6. The number of aryl methyl sites for hydroxylation is 1. The van der Waals surface area contributed by atoms with Gasteiger partial charge in [0.05, 0.1) is 0 Å². The van der Waals surface area contributed by atoms with Gasteiger partial charge in [0, 0.05) is 46.3 Å². The van der Waals surface area contributed by atoms with E-state index >= 15 is 0 Å². The number of rotatable bonds is 6. The van der Waals surface area contributed by atoms with Crippen LogP contribution in [-0.4, -0.2) is 29.3 Å². The number of nitrogens with two attached hydrogens (primary N) is 1. The Morgan fingerprint density at radius 1 is 1.29 bits per heavy atom. The van der Waals surface area contributed by atoms with Gasteiger partial charge < -0.3 is 10.6 Å². The highest BCUT2D eigenvalue weighted by molar-refractivity contribution is 6.31. The molecule has 4 nitrogen and oxygen atoms in total. The van der Waals surface area contributed by atoms with E-state index in [1.54, 1.807) is 0 Å². The number of nitrogens with zero attached hydrogens (tertiary/aromatic N) is 1. The number of allylic oxidation sites excluding steroid dienone is 3. The van der Waals surface area contributed by atoms with Gasteiger partial charge in [-0.1, -0.05) is 54.4 Å². The Morgan fingerprint density at radius 2 is 2.03 bits per heavy atom. The number of amides is 2. The van der Waals surface area contributed by atoms with Gasteiger partial charge in [-0.2, -0.15) is 0 Å². The molecule has 31 heavy (non-hydrogen) atoms. The number of benzene rings is 1. The van der Waals surface area contributed by atoms with Crippen LogP contribution in [0, 0.1) is 24.2 Å². The Hall–Kier alpha value is -1.78. The molecular weight excluding hydrogens is 431 g/mol. The molecule has 1 aliphatic heterocycles. The minimum absolute atomic E-state index is 0.0410. The quantitative estimate of drug-likeness (QED) is 0.623. The average molecular weight is 461 g/mol. The van der Waals surface area contributed by atoms with Crippen molar-refractivity contribution in [3.05, 3.63) is 57.6 Å². The Labute approximate surface area is 194 Å². The average Bonchev–Trinajstić information content (AvgIpc) is 3.53. The summed E-state index contributed by atoms with van der Waals surface area (Å²) in [5.74, 6) is -0.175. The minimum atomic E-state index is -0.428. The molecule has 1 saturated heterocycles. The number of hydrogen-bond acceptors (Lipinski definition) is 2. The first-order valence-corrected chi connectivity index (χ1v) is 11.8. The van der Waals surface area contributed by atoms with Crippen molar-refractivity contribution in [2.24, 2.45) is 23.0 Å². The third-order valence-electron chi connectivity index (χ3n) is 7.15. The lowest BCUT2D eigenvalue weighted by Gasteiger charge is -2.52. The zero-order valence-corrected chi connectivity index (χ0v) is 19.6. The summed E-state index contributed by atoms with van der Waals surface area (Å²) in [5.41, 5.74) is 7.40. The van der Waals surface area contributed by atoms with E-state index < -0.39 is 11.8 Å². The fourth-order valence-corrected chi connectivity index (χ4v) is 5.57. The van der Waals surface area contributed by atoms with Gasteiger partial charge in [-0.15, -0.1) is 0 Å². The number of hydrogen-bond donors (Lipinski definition) is 1. The maximum Gasteiger partial charge on any atom is 0.226 e. The van der Waals surface area contributed by atoms with E-state index in [1.807, 2.05) is 31.2 Å². The van der Waals surface area contributed by atoms with Crippen LogP contribution < -0.4 is 5.73 Å². The summed E-state index contributed by atoms with van der Waals surface area (Å²) in [6.45, 7) is 4.93. The molecule has 6 heteroatoms. The molecule has 1 heterocycles. The number of likely N-dealkylation sites (tertiary alicyclic amines) is 1. The number of carbonyl (C=O) groups is 2. The van der Waals surface area contributed by atoms with Crippen LogP contribution >= 0.6 is 23.2 Å². The lowest BCUT2D eigenvalue weighted by atomic mass is 9.64. The fraction of sp³-hybridized carbons (Fsp3) is 0.520. The van der Waals surface area contributed by atoms with Crippen LogP contribution in [-0.2, 0) is 9.59 Å². The van der Waals surface area contributed by atoms with Crippen LogP contribution in [0.15, 0.2) is 41.5 Å². The second kappa shape index (κ2) is 8.63. The van der Waals surface area contributed by atoms with Crippen molar-refractivity contribution >= 4 is 35.0 Å². The van der Waals surface area contributed by atoms with Gasteiger partial charge in [-0.3, -0.25) is 9.59 Å². The molecule has 2 aliphatic carbocycles. The number of piperidine rings is 1. The van der Waals surface area contributed by atoms with Gasteiger partial charge in [0.25, 0.3) is 0 Å². The van der Waals surface area contributed by atoms with Gasteiger partial charge in [0.15, 0.2) is 0 Å². The summed E-state index contributed by atoms with van der Waals surface area (Å²) in [6.07, 6.45) is 9.87. The number of carbonyl (C=O) groups excluding carboxylic acids is 2. The van der Waals surface area contributed by atoms with Crippen molar-refractivity contribution in [2.45, 2.75) is 57.9 Å². The first kappa shape index (κ1) is 22.4. The molecule has 1 unspecified atom stereocenters. The Morgan fingerprint density at radius 3 is 2.61 bits per heavy atom. The minimum Gasteiger partial charge on any atom is -0.370 e. The topological polar surface area (TPSA) is 63.4 Å². The Bertz CT molecular complexity index is 953. The van der Waals surface area contributed by atoms with Crippen molar-refractivity contribution in [1.82, 2.24) is 4.90 Å². The Balaban J connectivity index is 1.79. The van der Waals surface area contributed by atoms with Crippen molar-refractivity contribution in [1.29, 1.82) is 0 Å². The summed E-state index contributed by atoms with van der Waals surface area (Å²) < 4.78 is 0. The third kappa shape index (κ3) is 4.70. The lowest BCUT2D eigenvalue weighted by Crippen LogP contribution is -2.58. The molecule has 2 amide bonds. The summed E-state index contributed by atoms with van der Waals surface area (Å²) in [4.78, 5) is 27.4. The van der Waals surface area contributed by atoms with Gasteiger partial charge in [-0.25, -0.2) is 0 Å². The zero-order valence-electron chi connectivity index (χ0n) is 18.1. The molecule has 4 atom stereocenters. The van der Waals surface area contributed by atoms with Gasteiger partial charge in [0.1, 0.15) is 0 Å². The predicted octanol–water partition coefficient (Wildman–Crippen LogP) is 5.32. The van der Waals surface area contributed by atoms with Crippen molar-refractivity contribution in [3.8, 4) is 0 Å². The highest BCUT2D eigenvalue weighted by Gasteiger charge is 2.50. The molecule has 0 aromatic heterocycles. The van der Waals surface area contributed by atoms with Crippen LogP contribution in [0.3, 0.4) is 0 Å². The summed E-state index contributed by atoms with van der Waals surface area (Å²) in [5, 5.41) is 1.45. The van der Waals surface area contributed by atoms with Crippen molar-refractivity contribution in [3.63, 3.8) is 0 Å². The van der Waals surface area contributed by atoms with Crippen LogP contribution in [0.25, 0.3) is 0 Å². The van der Waals surface area contributed by atoms with Crippen LogP contribution in [0.4, 0.5) is 0 Å². The van der Waals surface area contributed by atoms with Gasteiger partial charge in [0.2, 0.25) is 11.8 Å². The van der Waals surface area contributed by atoms with Crippen LogP contribution in [0.1, 0.15) is 56.1 Å². The number of primary amides is 1. The molecule has 0 bridgehead atoms. The molecule has 3 aliphatic rings. The van der Waals surface area contributed by atoms with E-state index in [4.69, 9.17) is 28.9 Å². The lowest BCUT2D eigenvalue weighted by molar-refractivity contribution is -0.148. The van der Waals surface area contributed by atoms with E-state index in [2.05, 4.69) is 24.0 Å². The molecule has 0 spiro atoms. The van der Waals surface area contributed by atoms with Crippen molar-refractivity contribution < 1.29 is 9.59 Å². The van der Waals surface area contributed by atoms with Crippen LogP contribution in [0.5, 0.6) is 0 Å². The largest absolute Gasteiger partial charge is 0.370 e. The zero-order chi connectivity index (χ0) is 22.3. The molecule has 1 saturated carbocycles.